The van der Waals surface area contributed by atoms with E-state index in [0.29, 0.717) is 21.9 Å². The highest BCUT2D eigenvalue weighted by Gasteiger charge is 2.11. The van der Waals surface area contributed by atoms with Crippen LogP contribution in [0.1, 0.15) is 10.5 Å². The molecule has 0 saturated carbocycles. The zero-order chi connectivity index (χ0) is 14.8. The van der Waals surface area contributed by atoms with Crippen molar-refractivity contribution in [1.82, 2.24) is 4.98 Å². The Kier molecular flexibility index (Phi) is 3.46. The number of hydrogen-bond donors (Lipinski definition) is 2. The van der Waals surface area contributed by atoms with Gasteiger partial charge in [0.1, 0.15) is 5.69 Å². The number of pyridine rings is 1. The molecule has 0 fully saturated rings. The van der Waals surface area contributed by atoms with Gasteiger partial charge in [0.2, 0.25) is 0 Å². The van der Waals surface area contributed by atoms with Crippen LogP contribution < -0.4 is 11.1 Å². The number of fused-ring (bicyclic) bond motifs is 1. The number of carbonyl (C=O) groups excluding carboxylic acids is 1. The van der Waals surface area contributed by atoms with E-state index in [4.69, 9.17) is 17.3 Å². The first kappa shape index (κ1) is 13.4. The van der Waals surface area contributed by atoms with Crippen molar-refractivity contribution >= 4 is 39.8 Å². The number of para-hydroxylation sites is 1. The monoisotopic (exact) mass is 297 g/mol. The van der Waals surface area contributed by atoms with Crippen LogP contribution in [0.25, 0.3) is 10.9 Å². The average Bonchev–Trinajstić information content (AvgIpc) is 2.49. The molecular formula is C16H12ClN3O. The normalized spacial score (nSPS) is 10.5. The first-order chi connectivity index (χ1) is 10.1. The molecule has 1 heterocycles. The summed E-state index contributed by atoms with van der Waals surface area (Å²) in [6.07, 6.45) is 0. The van der Waals surface area contributed by atoms with Gasteiger partial charge in [-0.15, -0.1) is 0 Å². The van der Waals surface area contributed by atoms with Gasteiger partial charge >= 0.3 is 0 Å². The third-order valence-corrected chi connectivity index (χ3v) is 3.33. The second-order valence-corrected chi connectivity index (χ2v) is 5.01. The van der Waals surface area contributed by atoms with E-state index in [1.165, 1.54) is 0 Å². The molecule has 104 valence electrons. The molecule has 3 rings (SSSR count). The van der Waals surface area contributed by atoms with Gasteiger partial charge in [0.25, 0.3) is 5.91 Å². The Bertz CT molecular complexity index is 815. The van der Waals surface area contributed by atoms with Gasteiger partial charge in [-0.2, -0.15) is 0 Å². The molecule has 0 aliphatic rings. The zero-order valence-electron chi connectivity index (χ0n) is 11.0. The van der Waals surface area contributed by atoms with Gasteiger partial charge in [-0.1, -0.05) is 29.8 Å². The number of nitrogen functional groups attached to an aromatic ring is 1. The molecule has 0 unspecified atom stereocenters. The van der Waals surface area contributed by atoms with Crippen molar-refractivity contribution < 1.29 is 4.79 Å². The van der Waals surface area contributed by atoms with Crippen molar-refractivity contribution in [3.8, 4) is 0 Å². The molecule has 0 radical (unpaired) electrons. The van der Waals surface area contributed by atoms with Crippen molar-refractivity contribution in [2.24, 2.45) is 0 Å². The maximum atomic E-state index is 12.2. The maximum absolute atomic E-state index is 12.2. The molecule has 4 nitrogen and oxygen atoms in total. The maximum Gasteiger partial charge on any atom is 0.274 e. The molecule has 0 aliphatic carbocycles. The average molecular weight is 298 g/mol. The summed E-state index contributed by atoms with van der Waals surface area (Å²) in [6, 6.07) is 15.9. The van der Waals surface area contributed by atoms with Crippen molar-refractivity contribution in [3.63, 3.8) is 0 Å². The second-order valence-electron chi connectivity index (χ2n) is 4.57. The highest BCUT2D eigenvalue weighted by atomic mass is 35.5. The van der Waals surface area contributed by atoms with E-state index >= 15 is 0 Å². The SMILES string of the molecule is Nc1cc(C(=O)Nc2ccc(Cl)cc2)nc2ccccc12. The Balaban J connectivity index is 1.92. The van der Waals surface area contributed by atoms with E-state index in [2.05, 4.69) is 10.3 Å². The van der Waals surface area contributed by atoms with E-state index in [1.54, 1.807) is 30.3 Å². The van der Waals surface area contributed by atoms with Crippen LogP contribution in [0.4, 0.5) is 11.4 Å². The van der Waals surface area contributed by atoms with Gasteiger partial charge in [0.05, 0.1) is 5.52 Å². The van der Waals surface area contributed by atoms with Crippen LogP contribution in [-0.4, -0.2) is 10.9 Å². The summed E-state index contributed by atoms with van der Waals surface area (Å²) in [6.45, 7) is 0. The number of nitrogens with two attached hydrogens (primary N) is 1. The standard InChI is InChI=1S/C16H12ClN3O/c17-10-5-7-11(8-6-10)19-16(21)15-9-13(18)12-3-1-2-4-14(12)20-15/h1-9H,(H2,18,20)(H,19,21). The predicted octanol–water partition coefficient (Wildman–Crippen LogP) is 3.72. The van der Waals surface area contributed by atoms with E-state index in [1.807, 2.05) is 24.3 Å². The minimum absolute atomic E-state index is 0.279. The van der Waals surface area contributed by atoms with E-state index in [0.717, 1.165) is 5.39 Å². The summed E-state index contributed by atoms with van der Waals surface area (Å²) in [5.74, 6) is -0.310. The molecule has 0 bridgehead atoms. The number of anilines is 2. The fourth-order valence-corrected chi connectivity index (χ4v) is 2.17. The number of benzene rings is 2. The largest absolute Gasteiger partial charge is 0.398 e. The summed E-state index contributed by atoms with van der Waals surface area (Å²) >= 11 is 5.81. The number of halogens is 1. The minimum Gasteiger partial charge on any atom is -0.398 e. The molecule has 0 spiro atoms. The van der Waals surface area contributed by atoms with Crippen molar-refractivity contribution in [3.05, 3.63) is 65.3 Å². The lowest BCUT2D eigenvalue weighted by atomic mass is 10.1. The van der Waals surface area contributed by atoms with Crippen LogP contribution in [0.3, 0.4) is 0 Å². The third-order valence-electron chi connectivity index (χ3n) is 3.08. The van der Waals surface area contributed by atoms with E-state index in [-0.39, 0.29) is 11.6 Å². The van der Waals surface area contributed by atoms with Gasteiger partial charge in [-0.3, -0.25) is 4.79 Å². The minimum atomic E-state index is -0.310. The number of amides is 1. The fourth-order valence-electron chi connectivity index (χ4n) is 2.05. The lowest BCUT2D eigenvalue weighted by Gasteiger charge is -2.07. The van der Waals surface area contributed by atoms with Crippen molar-refractivity contribution in [2.75, 3.05) is 11.1 Å². The summed E-state index contributed by atoms with van der Waals surface area (Å²) in [7, 11) is 0. The van der Waals surface area contributed by atoms with Gasteiger partial charge in [-0.25, -0.2) is 4.98 Å². The topological polar surface area (TPSA) is 68.0 Å². The number of nitrogens with zero attached hydrogens (tertiary/aromatic N) is 1. The molecule has 5 heteroatoms. The molecule has 1 amide bonds. The lowest BCUT2D eigenvalue weighted by molar-refractivity contribution is 0.102. The summed E-state index contributed by atoms with van der Waals surface area (Å²) in [5.41, 5.74) is 8.12. The smallest absolute Gasteiger partial charge is 0.274 e. The van der Waals surface area contributed by atoms with Gasteiger partial charge in [0.15, 0.2) is 0 Å². The summed E-state index contributed by atoms with van der Waals surface area (Å²) in [4.78, 5) is 16.6. The van der Waals surface area contributed by atoms with Gasteiger partial charge in [-0.05, 0) is 36.4 Å². The zero-order valence-corrected chi connectivity index (χ0v) is 11.8. The van der Waals surface area contributed by atoms with E-state index in [9.17, 15) is 4.79 Å². The first-order valence-corrected chi connectivity index (χ1v) is 6.73. The van der Waals surface area contributed by atoms with E-state index < -0.39 is 0 Å². The molecule has 3 aromatic rings. The van der Waals surface area contributed by atoms with Crippen LogP contribution in [0.2, 0.25) is 5.02 Å². The number of nitrogens with one attached hydrogen (secondary N) is 1. The summed E-state index contributed by atoms with van der Waals surface area (Å²) < 4.78 is 0. The van der Waals surface area contributed by atoms with Crippen LogP contribution in [-0.2, 0) is 0 Å². The molecule has 3 N–H and O–H groups in total. The highest BCUT2D eigenvalue weighted by molar-refractivity contribution is 6.30. The molecule has 0 saturated heterocycles. The fraction of sp³-hybridized carbons (Fsp3) is 0. The van der Waals surface area contributed by atoms with Crippen molar-refractivity contribution in [2.45, 2.75) is 0 Å². The van der Waals surface area contributed by atoms with Crippen LogP contribution >= 0.6 is 11.6 Å². The Morgan fingerprint density at radius 2 is 1.81 bits per heavy atom. The molecule has 1 aromatic heterocycles. The quantitative estimate of drug-likeness (QED) is 0.757. The van der Waals surface area contributed by atoms with Crippen molar-refractivity contribution in [1.29, 1.82) is 0 Å². The molecule has 0 atom stereocenters. The van der Waals surface area contributed by atoms with Crippen LogP contribution in [0, 0.1) is 0 Å². The third kappa shape index (κ3) is 2.80. The van der Waals surface area contributed by atoms with Crippen LogP contribution in [0.5, 0.6) is 0 Å². The highest BCUT2D eigenvalue weighted by Crippen LogP contribution is 2.21. The molecule has 2 aromatic carbocycles. The number of carbonyl (C=O) groups is 1. The Labute approximate surface area is 126 Å². The van der Waals surface area contributed by atoms with Gasteiger partial charge < -0.3 is 11.1 Å². The Hall–Kier alpha value is -2.59. The second kappa shape index (κ2) is 5.42. The van der Waals surface area contributed by atoms with Gasteiger partial charge in [0, 0.05) is 21.8 Å². The number of rotatable bonds is 2. The summed E-state index contributed by atoms with van der Waals surface area (Å²) in [5, 5.41) is 4.21. The molecule has 0 aliphatic heterocycles. The Morgan fingerprint density at radius 1 is 1.10 bits per heavy atom. The molecular weight excluding hydrogens is 286 g/mol. The van der Waals surface area contributed by atoms with Crippen LogP contribution in [0.15, 0.2) is 54.6 Å². The Morgan fingerprint density at radius 3 is 2.57 bits per heavy atom. The number of aromatic nitrogens is 1. The lowest BCUT2D eigenvalue weighted by Crippen LogP contribution is -2.14. The first-order valence-electron chi connectivity index (χ1n) is 6.36. The predicted molar refractivity (Wildman–Crippen MR) is 85.6 cm³/mol. The number of hydrogen-bond acceptors (Lipinski definition) is 3. The molecule has 21 heavy (non-hydrogen) atoms.